The van der Waals surface area contributed by atoms with E-state index in [2.05, 4.69) is 10.5 Å². The predicted molar refractivity (Wildman–Crippen MR) is 124 cm³/mol. The third-order valence-electron chi connectivity index (χ3n) is 4.32. The molecule has 0 saturated carbocycles. The lowest BCUT2D eigenvalue weighted by Gasteiger charge is -2.10. The van der Waals surface area contributed by atoms with Crippen LogP contribution in [0.15, 0.2) is 71.8 Å². The Bertz CT molecular complexity index is 1150. The fourth-order valence-electron chi connectivity index (χ4n) is 2.66. The van der Waals surface area contributed by atoms with Crippen LogP contribution in [-0.4, -0.2) is 38.9 Å². The zero-order valence-corrected chi connectivity index (χ0v) is 18.7. The van der Waals surface area contributed by atoms with Crippen molar-refractivity contribution in [2.45, 2.75) is 0 Å². The highest BCUT2D eigenvalue weighted by Gasteiger charge is 2.15. The number of hydrogen-bond acceptors (Lipinski definition) is 7. The summed E-state index contributed by atoms with van der Waals surface area (Å²) >= 11 is 6.04. The standard InChI is InChI=1S/C24H21ClN2O6/c1-30-17-8-10-18(11-9-17)32-15-23(28)27-26-14-16-7-12-21(22(13-16)31-2)33-24(29)19-5-3-4-6-20(19)25/h3-14H,15H2,1-2H3,(H,27,28)/b26-14-. The molecule has 0 bridgehead atoms. The number of carbonyl (C=O) groups excluding carboxylic acids is 2. The van der Waals surface area contributed by atoms with E-state index in [1.165, 1.54) is 13.3 Å². The Balaban J connectivity index is 1.55. The fourth-order valence-corrected chi connectivity index (χ4v) is 2.88. The maximum atomic E-state index is 12.4. The van der Waals surface area contributed by atoms with E-state index in [1.54, 1.807) is 73.8 Å². The minimum absolute atomic E-state index is 0.204. The Kier molecular flexibility index (Phi) is 8.26. The monoisotopic (exact) mass is 468 g/mol. The Morgan fingerprint density at radius 1 is 0.939 bits per heavy atom. The van der Waals surface area contributed by atoms with Gasteiger partial charge in [0.25, 0.3) is 5.91 Å². The van der Waals surface area contributed by atoms with E-state index in [1.807, 2.05) is 0 Å². The van der Waals surface area contributed by atoms with E-state index in [4.69, 9.17) is 30.5 Å². The number of amides is 1. The summed E-state index contributed by atoms with van der Waals surface area (Å²) in [5.74, 6) is 0.715. The van der Waals surface area contributed by atoms with Crippen LogP contribution < -0.4 is 24.4 Å². The highest BCUT2D eigenvalue weighted by molar-refractivity contribution is 6.33. The third-order valence-corrected chi connectivity index (χ3v) is 4.65. The number of hydrogen-bond donors (Lipinski definition) is 1. The summed E-state index contributed by atoms with van der Waals surface area (Å²) in [5.41, 5.74) is 3.23. The SMILES string of the molecule is COc1ccc(OCC(=O)N/N=C\c2ccc(OC(=O)c3ccccc3Cl)c(OC)c2)cc1. The zero-order chi connectivity index (χ0) is 23.6. The molecule has 3 aromatic rings. The normalized spacial score (nSPS) is 10.5. The van der Waals surface area contributed by atoms with Crippen molar-refractivity contribution < 1.29 is 28.5 Å². The highest BCUT2D eigenvalue weighted by atomic mass is 35.5. The second-order valence-electron chi connectivity index (χ2n) is 6.54. The van der Waals surface area contributed by atoms with Crippen LogP contribution >= 0.6 is 11.6 Å². The summed E-state index contributed by atoms with van der Waals surface area (Å²) in [6, 6.07) is 18.3. The van der Waals surface area contributed by atoms with Crippen LogP contribution in [0.5, 0.6) is 23.0 Å². The third kappa shape index (κ3) is 6.72. The molecule has 0 heterocycles. The number of esters is 1. The number of nitrogens with zero attached hydrogens (tertiary/aromatic N) is 1. The van der Waals surface area contributed by atoms with Gasteiger partial charge in [-0.25, -0.2) is 10.2 Å². The molecule has 0 fully saturated rings. The molecule has 0 spiro atoms. The van der Waals surface area contributed by atoms with E-state index in [0.717, 1.165) is 0 Å². The average Bonchev–Trinajstić information content (AvgIpc) is 2.84. The summed E-state index contributed by atoms with van der Waals surface area (Å²) in [6.45, 7) is -0.204. The number of nitrogens with one attached hydrogen (secondary N) is 1. The number of methoxy groups -OCH3 is 2. The fraction of sp³-hybridized carbons (Fsp3) is 0.125. The van der Waals surface area contributed by atoms with Crippen molar-refractivity contribution in [2.75, 3.05) is 20.8 Å². The zero-order valence-electron chi connectivity index (χ0n) is 17.9. The van der Waals surface area contributed by atoms with Gasteiger partial charge in [-0.3, -0.25) is 4.79 Å². The van der Waals surface area contributed by atoms with Gasteiger partial charge in [-0.2, -0.15) is 5.10 Å². The van der Waals surface area contributed by atoms with Gasteiger partial charge in [0, 0.05) is 0 Å². The molecule has 170 valence electrons. The van der Waals surface area contributed by atoms with Gasteiger partial charge in [-0.05, 0) is 60.2 Å². The van der Waals surface area contributed by atoms with Crippen LogP contribution in [0.2, 0.25) is 5.02 Å². The number of ether oxygens (including phenoxy) is 4. The van der Waals surface area contributed by atoms with E-state index in [-0.39, 0.29) is 22.9 Å². The molecule has 0 radical (unpaired) electrons. The molecule has 0 aliphatic carbocycles. The number of hydrazone groups is 1. The van der Waals surface area contributed by atoms with Crippen LogP contribution in [0.1, 0.15) is 15.9 Å². The van der Waals surface area contributed by atoms with Crippen molar-refractivity contribution in [2.24, 2.45) is 5.10 Å². The van der Waals surface area contributed by atoms with E-state index in [9.17, 15) is 9.59 Å². The lowest BCUT2D eigenvalue weighted by Crippen LogP contribution is -2.24. The maximum absolute atomic E-state index is 12.4. The molecule has 0 atom stereocenters. The van der Waals surface area contributed by atoms with E-state index < -0.39 is 11.9 Å². The van der Waals surface area contributed by atoms with Gasteiger partial charge in [0.15, 0.2) is 18.1 Å². The van der Waals surface area contributed by atoms with Gasteiger partial charge in [-0.15, -0.1) is 0 Å². The Morgan fingerprint density at radius 3 is 2.36 bits per heavy atom. The molecule has 3 aromatic carbocycles. The van der Waals surface area contributed by atoms with Crippen molar-refractivity contribution in [3.8, 4) is 23.0 Å². The van der Waals surface area contributed by atoms with E-state index >= 15 is 0 Å². The topological polar surface area (TPSA) is 95.5 Å². The van der Waals surface area contributed by atoms with Gasteiger partial charge in [-0.1, -0.05) is 23.7 Å². The van der Waals surface area contributed by atoms with Crippen LogP contribution in [0.25, 0.3) is 0 Å². The minimum atomic E-state index is -0.607. The lowest BCUT2D eigenvalue weighted by atomic mass is 10.2. The van der Waals surface area contributed by atoms with Gasteiger partial charge < -0.3 is 18.9 Å². The van der Waals surface area contributed by atoms with Crippen molar-refractivity contribution >= 4 is 29.7 Å². The van der Waals surface area contributed by atoms with Crippen molar-refractivity contribution in [3.63, 3.8) is 0 Å². The Hall–Kier alpha value is -4.04. The Morgan fingerprint density at radius 2 is 1.67 bits per heavy atom. The summed E-state index contributed by atoms with van der Waals surface area (Å²) in [5, 5.41) is 4.19. The first-order chi connectivity index (χ1) is 16.0. The van der Waals surface area contributed by atoms with Gasteiger partial charge >= 0.3 is 5.97 Å². The molecule has 1 amide bonds. The predicted octanol–water partition coefficient (Wildman–Crippen LogP) is 4.11. The summed E-state index contributed by atoms with van der Waals surface area (Å²) in [4.78, 5) is 24.3. The molecule has 0 saturated heterocycles. The molecule has 0 unspecified atom stereocenters. The number of benzene rings is 3. The van der Waals surface area contributed by atoms with Crippen LogP contribution in [0, 0.1) is 0 Å². The second kappa shape index (κ2) is 11.5. The molecular weight excluding hydrogens is 448 g/mol. The first-order valence-electron chi connectivity index (χ1n) is 9.73. The number of carbonyl (C=O) groups is 2. The van der Waals surface area contributed by atoms with Gasteiger partial charge in [0.2, 0.25) is 0 Å². The van der Waals surface area contributed by atoms with Gasteiger partial charge in [0.05, 0.1) is 31.0 Å². The summed E-state index contributed by atoms with van der Waals surface area (Å²) in [7, 11) is 3.01. The Labute approximate surface area is 195 Å². The van der Waals surface area contributed by atoms with E-state index in [0.29, 0.717) is 22.8 Å². The molecule has 1 N–H and O–H groups in total. The van der Waals surface area contributed by atoms with Crippen LogP contribution in [-0.2, 0) is 4.79 Å². The smallest absolute Gasteiger partial charge is 0.345 e. The molecule has 0 aliphatic rings. The first kappa shape index (κ1) is 23.6. The van der Waals surface area contributed by atoms with Crippen molar-refractivity contribution in [1.82, 2.24) is 5.43 Å². The average molecular weight is 469 g/mol. The van der Waals surface area contributed by atoms with Crippen molar-refractivity contribution in [1.29, 1.82) is 0 Å². The molecule has 8 nitrogen and oxygen atoms in total. The molecule has 33 heavy (non-hydrogen) atoms. The van der Waals surface area contributed by atoms with Crippen molar-refractivity contribution in [3.05, 3.63) is 82.9 Å². The molecule has 0 aromatic heterocycles. The summed E-state index contributed by atoms with van der Waals surface area (Å²) < 4.78 is 21.1. The minimum Gasteiger partial charge on any atom is -0.497 e. The maximum Gasteiger partial charge on any atom is 0.345 e. The lowest BCUT2D eigenvalue weighted by molar-refractivity contribution is -0.123. The molecule has 0 aliphatic heterocycles. The number of rotatable bonds is 9. The molecule has 3 rings (SSSR count). The van der Waals surface area contributed by atoms with Crippen LogP contribution in [0.4, 0.5) is 0 Å². The highest BCUT2D eigenvalue weighted by Crippen LogP contribution is 2.29. The quantitative estimate of drug-likeness (QED) is 0.220. The van der Waals surface area contributed by atoms with Crippen LogP contribution in [0.3, 0.4) is 0 Å². The van der Waals surface area contributed by atoms with Gasteiger partial charge in [0.1, 0.15) is 11.5 Å². The second-order valence-corrected chi connectivity index (χ2v) is 6.94. The number of halogens is 1. The molecular formula is C24H21ClN2O6. The molecule has 9 heteroatoms. The largest absolute Gasteiger partial charge is 0.497 e. The first-order valence-corrected chi connectivity index (χ1v) is 10.1. The summed E-state index contributed by atoms with van der Waals surface area (Å²) in [6.07, 6.45) is 1.42.